The predicted octanol–water partition coefficient (Wildman–Crippen LogP) is 8.81. The highest BCUT2D eigenvalue weighted by Crippen LogP contribution is 2.39. The summed E-state index contributed by atoms with van der Waals surface area (Å²) in [5, 5.41) is 9.00. The van der Waals surface area contributed by atoms with Crippen molar-refractivity contribution < 1.29 is 8.83 Å². The van der Waals surface area contributed by atoms with E-state index in [1.54, 1.807) is 22.7 Å². The van der Waals surface area contributed by atoms with Gasteiger partial charge in [0, 0.05) is 34.0 Å². The molecule has 0 aromatic carbocycles. The van der Waals surface area contributed by atoms with Crippen molar-refractivity contribution in [3.63, 3.8) is 0 Å². The third-order valence-corrected chi connectivity index (χ3v) is 7.24. The number of hydrogen-bond acceptors (Lipinski definition) is 5. The molecule has 0 atom stereocenters. The lowest BCUT2D eigenvalue weighted by Crippen LogP contribution is -1.98. The summed E-state index contributed by atoms with van der Waals surface area (Å²) in [6, 6.07) is 14.7. The fourth-order valence-electron chi connectivity index (χ4n) is 3.87. The van der Waals surface area contributed by atoms with Crippen LogP contribution in [0.1, 0.15) is 37.4 Å². The second-order valence-corrected chi connectivity index (χ2v) is 10.2. The number of nitrogens with zero attached hydrogens (tertiary/aromatic N) is 2. The van der Waals surface area contributed by atoms with Gasteiger partial charge >= 0.3 is 0 Å². The van der Waals surface area contributed by atoms with Crippen LogP contribution in [0.4, 0.5) is 0 Å². The van der Waals surface area contributed by atoms with Crippen LogP contribution in [0.5, 0.6) is 0 Å². The van der Waals surface area contributed by atoms with Gasteiger partial charge in [0.15, 0.2) is 11.5 Å². The van der Waals surface area contributed by atoms with Gasteiger partial charge in [0.1, 0.15) is 11.2 Å². The van der Waals surface area contributed by atoms with Gasteiger partial charge in [-0.2, -0.15) is 5.26 Å². The number of nitriles is 1. The Hall–Kier alpha value is -3.27. The quantitative estimate of drug-likeness (QED) is 0.247. The Morgan fingerprint density at radius 3 is 1.88 bits per heavy atom. The number of hydrogen-bond donors (Lipinski definition) is 0. The average molecular weight is 459 g/mol. The molecule has 6 heteroatoms. The van der Waals surface area contributed by atoms with Crippen molar-refractivity contribution in [2.45, 2.75) is 34.2 Å². The molecule has 5 aromatic rings. The fraction of sp³-hybridized carbons (Fsp3) is 0.192. The molecule has 0 amide bonds. The Kier molecular flexibility index (Phi) is 5.16. The van der Waals surface area contributed by atoms with Crippen LogP contribution in [0.15, 0.2) is 56.4 Å². The maximum Gasteiger partial charge on any atom is 0.152 e. The minimum Gasteiger partial charge on any atom is -0.454 e. The van der Waals surface area contributed by atoms with Gasteiger partial charge in [-0.15, -0.1) is 22.7 Å². The smallest absolute Gasteiger partial charge is 0.152 e. The summed E-state index contributed by atoms with van der Waals surface area (Å²) in [5.41, 5.74) is 5.81. The molecular weight excluding hydrogens is 436 g/mol. The third kappa shape index (κ3) is 3.64. The number of thiophene rings is 2. The molecule has 0 aliphatic rings. The molecule has 0 saturated carbocycles. The zero-order chi connectivity index (χ0) is 22.4. The van der Waals surface area contributed by atoms with Crippen molar-refractivity contribution >= 4 is 55.4 Å². The van der Waals surface area contributed by atoms with E-state index in [4.69, 9.17) is 14.1 Å². The molecule has 32 heavy (non-hydrogen) atoms. The second-order valence-electron chi connectivity index (χ2n) is 7.98. The van der Waals surface area contributed by atoms with E-state index < -0.39 is 0 Å². The maximum absolute atomic E-state index is 9.00. The van der Waals surface area contributed by atoms with Crippen LogP contribution in [0, 0.1) is 11.3 Å². The lowest BCUT2D eigenvalue weighted by molar-refractivity contribution is 0.608. The van der Waals surface area contributed by atoms with Gasteiger partial charge in [-0.3, -0.25) is 0 Å². The van der Waals surface area contributed by atoms with E-state index in [0.29, 0.717) is 5.57 Å². The normalized spacial score (nSPS) is 12.0. The number of rotatable bonds is 5. The van der Waals surface area contributed by atoms with E-state index in [1.807, 2.05) is 19.1 Å². The van der Waals surface area contributed by atoms with E-state index >= 15 is 0 Å². The minimum absolute atomic E-state index is 0.685. The second kappa shape index (κ2) is 8.01. The van der Waals surface area contributed by atoms with Gasteiger partial charge in [-0.05, 0) is 64.1 Å². The molecule has 0 spiro atoms. The molecule has 0 aliphatic heterocycles. The highest BCUT2D eigenvalue weighted by molar-refractivity contribution is 7.20. The summed E-state index contributed by atoms with van der Waals surface area (Å²) in [6.45, 7) is 8.95. The average Bonchev–Trinajstić information content (AvgIpc) is 3.51. The molecule has 160 valence electrons. The first-order valence-electron chi connectivity index (χ1n) is 10.5. The zero-order valence-corrected chi connectivity index (χ0v) is 20.0. The summed E-state index contributed by atoms with van der Waals surface area (Å²) in [6.07, 6.45) is 4.07. The van der Waals surface area contributed by atoms with Crippen LogP contribution in [-0.2, 0) is 6.54 Å². The Bertz CT molecular complexity index is 1490. The summed E-state index contributed by atoms with van der Waals surface area (Å²) < 4.78 is 16.9. The van der Waals surface area contributed by atoms with Gasteiger partial charge < -0.3 is 13.4 Å². The predicted molar refractivity (Wildman–Crippen MR) is 135 cm³/mol. The molecule has 0 unspecified atom stereocenters. The van der Waals surface area contributed by atoms with Gasteiger partial charge in [-0.1, -0.05) is 5.57 Å². The Labute approximate surface area is 194 Å². The molecule has 4 nitrogen and oxygen atoms in total. The Morgan fingerprint density at radius 1 is 0.906 bits per heavy atom. The van der Waals surface area contributed by atoms with Crippen molar-refractivity contribution in [2.24, 2.45) is 0 Å². The molecule has 0 saturated heterocycles. The SMILES string of the molecule is CCn1c(-c2cc3sc(C=C(C)C)cc3o2)ccc1-c1cc2sc(/C=C(\C)C#N)cc2o1. The molecular formula is C26H22N2O2S2. The number of aromatic nitrogens is 1. The van der Waals surface area contributed by atoms with Gasteiger partial charge in [0.2, 0.25) is 0 Å². The molecule has 0 aliphatic carbocycles. The molecule has 5 aromatic heterocycles. The Balaban J connectivity index is 1.51. The molecule has 0 radical (unpaired) electrons. The summed E-state index contributed by atoms with van der Waals surface area (Å²) in [4.78, 5) is 2.24. The maximum atomic E-state index is 9.00. The first kappa shape index (κ1) is 20.6. The van der Waals surface area contributed by atoms with E-state index in [2.05, 4.69) is 67.8 Å². The molecule has 0 bridgehead atoms. The van der Waals surface area contributed by atoms with E-state index in [0.717, 1.165) is 54.9 Å². The molecule has 5 rings (SSSR count). The van der Waals surface area contributed by atoms with Gasteiger partial charge in [0.05, 0.1) is 26.9 Å². The highest BCUT2D eigenvalue weighted by atomic mass is 32.1. The third-order valence-electron chi connectivity index (χ3n) is 5.22. The van der Waals surface area contributed by atoms with Crippen LogP contribution < -0.4 is 0 Å². The van der Waals surface area contributed by atoms with Crippen LogP contribution in [0.2, 0.25) is 0 Å². The summed E-state index contributed by atoms with van der Waals surface area (Å²) in [5.74, 6) is 1.71. The largest absolute Gasteiger partial charge is 0.454 e. The van der Waals surface area contributed by atoms with Crippen LogP contribution in [0.25, 0.3) is 55.6 Å². The number of allylic oxidation sites excluding steroid dienone is 2. The van der Waals surface area contributed by atoms with Crippen molar-refractivity contribution in [1.29, 1.82) is 5.26 Å². The number of fused-ring (bicyclic) bond motifs is 2. The topological polar surface area (TPSA) is 55.0 Å². The van der Waals surface area contributed by atoms with Crippen molar-refractivity contribution in [2.75, 3.05) is 0 Å². The van der Waals surface area contributed by atoms with Crippen LogP contribution in [0.3, 0.4) is 0 Å². The highest BCUT2D eigenvalue weighted by Gasteiger charge is 2.18. The molecule has 0 N–H and O–H groups in total. The monoisotopic (exact) mass is 458 g/mol. The fourth-order valence-corrected chi connectivity index (χ4v) is 5.98. The Morgan fingerprint density at radius 2 is 1.44 bits per heavy atom. The standard InChI is InChI=1S/C26H22N2O2S2/c1-5-28-19(21-12-25-23(29-21)10-17(31-25)8-15(2)3)6-7-20(28)22-13-26-24(30-22)11-18(32-26)9-16(4)14-27/h6-13H,5H2,1-4H3/b16-9+. The van der Waals surface area contributed by atoms with Gasteiger partial charge in [0.25, 0.3) is 0 Å². The first-order valence-corrected chi connectivity index (χ1v) is 12.1. The lowest BCUT2D eigenvalue weighted by atomic mass is 10.3. The molecule has 0 fully saturated rings. The molecule has 5 heterocycles. The van der Waals surface area contributed by atoms with Gasteiger partial charge in [-0.25, -0.2) is 0 Å². The van der Waals surface area contributed by atoms with Crippen molar-refractivity contribution in [1.82, 2.24) is 4.57 Å². The first-order chi connectivity index (χ1) is 15.4. The van der Waals surface area contributed by atoms with Crippen LogP contribution >= 0.6 is 22.7 Å². The van der Waals surface area contributed by atoms with Crippen LogP contribution in [-0.4, -0.2) is 4.57 Å². The van der Waals surface area contributed by atoms with E-state index in [-0.39, 0.29) is 0 Å². The van der Waals surface area contributed by atoms with Crippen molar-refractivity contribution in [3.05, 3.63) is 57.3 Å². The van der Waals surface area contributed by atoms with Crippen molar-refractivity contribution in [3.8, 4) is 29.0 Å². The summed E-state index contributed by atoms with van der Waals surface area (Å²) in [7, 11) is 0. The summed E-state index contributed by atoms with van der Waals surface area (Å²) >= 11 is 3.38. The zero-order valence-electron chi connectivity index (χ0n) is 18.4. The van der Waals surface area contributed by atoms with E-state index in [9.17, 15) is 0 Å². The minimum atomic E-state index is 0.685. The lowest BCUT2D eigenvalue weighted by Gasteiger charge is -2.08. The van der Waals surface area contributed by atoms with E-state index in [1.165, 1.54) is 10.5 Å². The number of furan rings is 2.